The molecule has 2 aromatic carbocycles. The van der Waals surface area contributed by atoms with Crippen LogP contribution in [0.2, 0.25) is 0 Å². The lowest BCUT2D eigenvalue weighted by atomic mass is 10.1. The van der Waals surface area contributed by atoms with E-state index in [0.717, 1.165) is 16.0 Å². The smallest absolute Gasteiger partial charge is 0.222 e. The Bertz CT molecular complexity index is 728. The molecule has 26 heavy (non-hydrogen) atoms. The van der Waals surface area contributed by atoms with Crippen LogP contribution in [0.4, 0.5) is 0 Å². The van der Waals surface area contributed by atoms with Crippen LogP contribution in [-0.2, 0) is 4.79 Å². The molecule has 0 unspecified atom stereocenters. The molecule has 0 fully saturated rings. The molecule has 0 saturated heterocycles. The van der Waals surface area contributed by atoms with E-state index in [2.05, 4.69) is 15.9 Å². The topological polar surface area (TPSA) is 55.8 Å². The summed E-state index contributed by atoms with van der Waals surface area (Å²) in [6.07, 6.45) is 0.387. The fourth-order valence-electron chi connectivity index (χ4n) is 2.29. The molecule has 0 aliphatic carbocycles. The predicted octanol–water partition coefficient (Wildman–Crippen LogP) is 3.96. The third-order valence-electron chi connectivity index (χ3n) is 3.91. The number of ether oxygens (including phenoxy) is 2. The second-order valence-corrected chi connectivity index (χ2v) is 6.69. The molecule has 0 aromatic heterocycles. The Morgan fingerprint density at radius 3 is 2.19 bits per heavy atom. The maximum Gasteiger partial charge on any atom is 0.222 e. The van der Waals surface area contributed by atoms with Gasteiger partial charge in [0.2, 0.25) is 5.91 Å². The number of likely N-dealkylation sites (N-methyl/N-ethyl adjacent to an activating group) is 1. The minimum Gasteiger partial charge on any atom is -0.497 e. The molecule has 0 spiro atoms. The standard InChI is InChI=1S/C20H22BrNO4/c1-22(13-14-26-18-9-7-17(25-2)8-10-18)20(24)12-11-19(23)15-3-5-16(21)6-4-15/h3-10H,11-14H2,1-2H3. The van der Waals surface area contributed by atoms with Gasteiger partial charge in [0.1, 0.15) is 18.1 Å². The molecule has 0 heterocycles. The molecular formula is C20H22BrNO4. The van der Waals surface area contributed by atoms with Crippen LogP contribution in [0.5, 0.6) is 11.5 Å². The van der Waals surface area contributed by atoms with Crippen molar-refractivity contribution >= 4 is 27.6 Å². The zero-order valence-corrected chi connectivity index (χ0v) is 16.5. The van der Waals surface area contributed by atoms with Crippen LogP contribution in [0.15, 0.2) is 53.0 Å². The molecule has 2 aromatic rings. The van der Waals surface area contributed by atoms with Crippen molar-refractivity contribution in [1.29, 1.82) is 0 Å². The Labute approximate surface area is 162 Å². The summed E-state index contributed by atoms with van der Waals surface area (Å²) >= 11 is 3.33. The van der Waals surface area contributed by atoms with Crippen LogP contribution >= 0.6 is 15.9 Å². The normalized spacial score (nSPS) is 10.3. The first-order valence-corrected chi connectivity index (χ1v) is 9.08. The first-order valence-electron chi connectivity index (χ1n) is 8.29. The summed E-state index contributed by atoms with van der Waals surface area (Å²) in [5.41, 5.74) is 0.617. The predicted molar refractivity (Wildman–Crippen MR) is 104 cm³/mol. The summed E-state index contributed by atoms with van der Waals surface area (Å²) in [6, 6.07) is 14.4. The second kappa shape index (κ2) is 9.97. The monoisotopic (exact) mass is 419 g/mol. The summed E-state index contributed by atoms with van der Waals surface area (Å²) in [5.74, 6) is 1.37. The fourth-order valence-corrected chi connectivity index (χ4v) is 2.55. The van der Waals surface area contributed by atoms with Crippen molar-refractivity contribution in [3.05, 3.63) is 58.6 Å². The number of hydrogen-bond donors (Lipinski definition) is 0. The summed E-state index contributed by atoms with van der Waals surface area (Å²) in [7, 11) is 3.32. The van der Waals surface area contributed by atoms with Crippen molar-refractivity contribution in [2.75, 3.05) is 27.3 Å². The first-order chi connectivity index (χ1) is 12.5. The quantitative estimate of drug-likeness (QED) is 0.577. The van der Waals surface area contributed by atoms with Crippen molar-refractivity contribution in [2.24, 2.45) is 0 Å². The van der Waals surface area contributed by atoms with E-state index in [4.69, 9.17) is 9.47 Å². The third-order valence-corrected chi connectivity index (χ3v) is 4.44. The van der Waals surface area contributed by atoms with Crippen molar-refractivity contribution < 1.29 is 19.1 Å². The maximum atomic E-state index is 12.2. The van der Waals surface area contributed by atoms with E-state index < -0.39 is 0 Å². The third kappa shape index (κ3) is 6.19. The molecule has 0 bridgehead atoms. The van der Waals surface area contributed by atoms with Gasteiger partial charge >= 0.3 is 0 Å². The van der Waals surface area contributed by atoms with E-state index >= 15 is 0 Å². The van der Waals surface area contributed by atoms with Crippen LogP contribution < -0.4 is 9.47 Å². The summed E-state index contributed by atoms with van der Waals surface area (Å²) in [6.45, 7) is 0.840. The Hall–Kier alpha value is -2.34. The number of carbonyl (C=O) groups is 2. The van der Waals surface area contributed by atoms with Crippen molar-refractivity contribution in [2.45, 2.75) is 12.8 Å². The molecule has 138 valence electrons. The zero-order chi connectivity index (χ0) is 18.9. The molecule has 0 atom stereocenters. The lowest BCUT2D eigenvalue weighted by molar-refractivity contribution is -0.130. The van der Waals surface area contributed by atoms with Gasteiger partial charge in [-0.15, -0.1) is 0 Å². The Morgan fingerprint density at radius 1 is 0.962 bits per heavy atom. The number of Topliss-reactive ketones (excluding diaryl/α,β-unsaturated/α-hetero) is 1. The van der Waals surface area contributed by atoms with Crippen molar-refractivity contribution in [3.8, 4) is 11.5 Å². The number of rotatable bonds is 9. The summed E-state index contributed by atoms with van der Waals surface area (Å²) < 4.78 is 11.6. The molecule has 1 amide bonds. The first kappa shape index (κ1) is 20.0. The molecule has 0 aliphatic heterocycles. The molecule has 5 nitrogen and oxygen atoms in total. The number of benzene rings is 2. The van der Waals surface area contributed by atoms with E-state index in [1.807, 2.05) is 36.4 Å². The van der Waals surface area contributed by atoms with E-state index in [1.54, 1.807) is 31.2 Å². The van der Waals surface area contributed by atoms with Gasteiger partial charge in [0.15, 0.2) is 5.78 Å². The maximum absolute atomic E-state index is 12.2. The highest BCUT2D eigenvalue weighted by Crippen LogP contribution is 2.17. The Kier molecular flexibility index (Phi) is 7.66. The summed E-state index contributed by atoms with van der Waals surface area (Å²) in [4.78, 5) is 25.8. The minimum absolute atomic E-state index is 0.0336. The van der Waals surface area contributed by atoms with Gasteiger partial charge in [0.05, 0.1) is 13.7 Å². The van der Waals surface area contributed by atoms with Gasteiger partial charge in [-0.2, -0.15) is 0 Å². The molecular weight excluding hydrogens is 398 g/mol. The molecule has 0 aliphatic rings. The highest BCUT2D eigenvalue weighted by atomic mass is 79.9. The van der Waals surface area contributed by atoms with Crippen molar-refractivity contribution in [1.82, 2.24) is 4.90 Å². The zero-order valence-electron chi connectivity index (χ0n) is 14.9. The number of carbonyl (C=O) groups excluding carboxylic acids is 2. The van der Waals surface area contributed by atoms with Crippen LogP contribution in [-0.4, -0.2) is 43.9 Å². The van der Waals surface area contributed by atoms with E-state index in [-0.39, 0.29) is 24.5 Å². The van der Waals surface area contributed by atoms with Crippen LogP contribution in [0.3, 0.4) is 0 Å². The highest BCUT2D eigenvalue weighted by Gasteiger charge is 2.13. The van der Waals surface area contributed by atoms with Gasteiger partial charge in [0.25, 0.3) is 0 Å². The van der Waals surface area contributed by atoms with Gasteiger partial charge in [-0.05, 0) is 36.4 Å². The molecule has 0 N–H and O–H groups in total. The van der Waals surface area contributed by atoms with Crippen LogP contribution in [0.25, 0.3) is 0 Å². The second-order valence-electron chi connectivity index (χ2n) is 5.77. The molecule has 0 saturated carbocycles. The molecule has 2 rings (SSSR count). The van der Waals surface area contributed by atoms with Gasteiger partial charge < -0.3 is 14.4 Å². The SMILES string of the molecule is COc1ccc(OCCN(C)C(=O)CCC(=O)c2ccc(Br)cc2)cc1. The fraction of sp³-hybridized carbons (Fsp3) is 0.300. The lowest BCUT2D eigenvalue weighted by Crippen LogP contribution is -2.31. The van der Waals surface area contributed by atoms with E-state index in [1.165, 1.54) is 0 Å². The van der Waals surface area contributed by atoms with Crippen LogP contribution in [0.1, 0.15) is 23.2 Å². The van der Waals surface area contributed by atoms with Gasteiger partial charge in [0, 0.05) is 29.9 Å². The average molecular weight is 420 g/mol. The van der Waals surface area contributed by atoms with Gasteiger partial charge in [-0.1, -0.05) is 28.1 Å². The number of hydrogen-bond acceptors (Lipinski definition) is 4. The van der Waals surface area contributed by atoms with Gasteiger partial charge in [-0.3, -0.25) is 9.59 Å². The van der Waals surface area contributed by atoms with E-state index in [0.29, 0.717) is 18.7 Å². The highest BCUT2D eigenvalue weighted by molar-refractivity contribution is 9.10. The largest absolute Gasteiger partial charge is 0.497 e. The van der Waals surface area contributed by atoms with Crippen LogP contribution in [0, 0.1) is 0 Å². The molecule has 6 heteroatoms. The van der Waals surface area contributed by atoms with E-state index in [9.17, 15) is 9.59 Å². The van der Waals surface area contributed by atoms with Crippen molar-refractivity contribution in [3.63, 3.8) is 0 Å². The number of ketones is 1. The average Bonchev–Trinajstić information content (AvgIpc) is 2.66. The Morgan fingerprint density at radius 2 is 1.58 bits per heavy atom. The van der Waals surface area contributed by atoms with Gasteiger partial charge in [-0.25, -0.2) is 0 Å². The lowest BCUT2D eigenvalue weighted by Gasteiger charge is -2.17. The number of halogens is 1. The Balaban J connectivity index is 1.71. The number of amides is 1. The molecule has 0 radical (unpaired) electrons. The number of nitrogens with zero attached hydrogens (tertiary/aromatic N) is 1. The summed E-state index contributed by atoms with van der Waals surface area (Å²) in [5, 5.41) is 0. The minimum atomic E-state index is -0.0752. The number of methoxy groups -OCH3 is 1.